The molecule has 0 bridgehead atoms. The van der Waals surface area contributed by atoms with Gasteiger partial charge in [-0.1, -0.05) is 59.6 Å². The molecule has 4 aromatic carbocycles. The Morgan fingerprint density at radius 3 is 2.36 bits per heavy atom. The number of aromatic amines is 1. The maximum absolute atomic E-state index is 15.4. The predicted molar refractivity (Wildman–Crippen MR) is 235 cm³/mol. The molecule has 0 unspecified atom stereocenters. The van der Waals surface area contributed by atoms with Crippen molar-refractivity contribution in [3.8, 4) is 22.6 Å². The Morgan fingerprint density at radius 2 is 1.66 bits per heavy atom. The highest BCUT2D eigenvalue weighted by Crippen LogP contribution is 2.46. The second-order valence-electron chi connectivity index (χ2n) is 15.3. The molecule has 0 radical (unpaired) electrons. The van der Waals surface area contributed by atoms with E-state index in [1.807, 2.05) is 111 Å². The van der Waals surface area contributed by atoms with Crippen molar-refractivity contribution >= 4 is 62.6 Å². The number of carbonyl (C=O) groups excluding carboxylic acids is 2. The number of aryl methyl sites for hydroxylation is 5. The van der Waals surface area contributed by atoms with Crippen LogP contribution in [-0.2, 0) is 24.8 Å². The first kappa shape index (κ1) is 40.1. The highest BCUT2D eigenvalue weighted by atomic mass is 35.5. The van der Waals surface area contributed by atoms with E-state index in [0.717, 1.165) is 66.4 Å². The van der Waals surface area contributed by atoms with E-state index in [-0.39, 0.29) is 18.6 Å². The number of halogens is 2. The zero-order chi connectivity index (χ0) is 41.7. The summed E-state index contributed by atoms with van der Waals surface area (Å²) >= 11 is 13.6. The van der Waals surface area contributed by atoms with E-state index in [0.29, 0.717) is 71.2 Å². The number of H-pyrrole nitrogens is 1. The molecule has 7 aromatic rings. The first-order valence-electron chi connectivity index (χ1n) is 19.9. The predicted octanol–water partition coefficient (Wildman–Crippen LogP) is 11.1. The van der Waals surface area contributed by atoms with Crippen LogP contribution in [0.25, 0.3) is 32.9 Å². The Kier molecular flexibility index (Phi) is 11.0. The number of carbonyl (C=O) groups is 2. The van der Waals surface area contributed by atoms with Gasteiger partial charge in [0.2, 0.25) is 0 Å². The summed E-state index contributed by atoms with van der Waals surface area (Å²) in [4.78, 5) is 33.8. The molecule has 10 nitrogen and oxygen atoms in total. The summed E-state index contributed by atoms with van der Waals surface area (Å²) in [5.41, 5.74) is 10.6. The number of amides is 1. The quantitative estimate of drug-likeness (QED) is 0.0971. The molecule has 304 valence electrons. The van der Waals surface area contributed by atoms with Crippen molar-refractivity contribution in [2.45, 2.75) is 67.0 Å². The largest absolute Gasteiger partial charge is 0.494 e. The molecule has 59 heavy (non-hydrogen) atoms. The number of hydrogen-bond donors (Lipinski definition) is 1. The number of nitrogens with zero attached hydrogens (tertiary/aromatic N) is 4. The number of hydrogen-bond acceptors (Lipinski definition) is 6. The molecular weight excluding hydrogens is 785 g/mol. The smallest absolute Gasteiger partial charge is 0.340 e. The molecular formula is C47H47Cl2N5O5. The van der Waals surface area contributed by atoms with Crippen LogP contribution in [0.4, 0.5) is 5.69 Å². The normalized spacial score (nSPS) is 14.0. The summed E-state index contributed by atoms with van der Waals surface area (Å²) in [5.74, 6) is 0.652. The second kappa shape index (κ2) is 16.2. The SMILES string of the molecule is CCOC(=O)c1c[nH]c2c(N3C[C@@H](C)n4c(c(CCCOc5cc(C)c(Cl)c(C)c5)c5ccc(Cl)c(-c6c(C)nn(C)c6C)c54)C3=O)cc(OCc3ccccc3)cc12. The van der Waals surface area contributed by atoms with Gasteiger partial charge in [0.05, 0.1) is 46.2 Å². The molecule has 1 N–H and O–H groups in total. The third kappa shape index (κ3) is 7.23. The van der Waals surface area contributed by atoms with Gasteiger partial charge in [-0.3, -0.25) is 9.48 Å². The minimum Gasteiger partial charge on any atom is -0.494 e. The minimum atomic E-state index is -0.456. The number of ether oxygens (including phenoxy) is 3. The van der Waals surface area contributed by atoms with Crippen LogP contribution in [0.2, 0.25) is 10.0 Å². The van der Waals surface area contributed by atoms with Crippen molar-refractivity contribution in [3.63, 3.8) is 0 Å². The summed E-state index contributed by atoms with van der Waals surface area (Å²) < 4.78 is 22.1. The average molecular weight is 833 g/mol. The molecule has 12 heteroatoms. The Bertz CT molecular complexity index is 2740. The summed E-state index contributed by atoms with van der Waals surface area (Å²) in [6, 6.07) is 21.3. The number of fused-ring (bicyclic) bond motifs is 4. The lowest BCUT2D eigenvalue weighted by molar-refractivity contribution is 0.0528. The first-order chi connectivity index (χ1) is 28.4. The number of anilines is 1. The molecule has 8 rings (SSSR count). The molecule has 1 amide bonds. The standard InChI is InChI=1S/C47H47Cl2N5O5/c1-8-57-47(56)37-23-50-43-36(37)21-33(59-25-31-13-10-9-11-14-31)22-39(43)53-24-28(4)54-44-35(16-17-38(48)41(44)40-29(5)51-52(7)30(40)6)34(45(54)46(53)55)15-12-18-58-32-19-26(2)42(49)27(3)20-32/h9-11,13-14,16-17,19-23,28,50H,8,12,15,18,24-25H2,1-7H3/t28-/m1/s1. The van der Waals surface area contributed by atoms with Crippen molar-refractivity contribution in [1.82, 2.24) is 19.3 Å². The second-order valence-corrected chi connectivity index (χ2v) is 16.1. The van der Waals surface area contributed by atoms with Crippen molar-refractivity contribution in [2.24, 2.45) is 7.05 Å². The number of rotatable bonds is 12. The maximum Gasteiger partial charge on any atom is 0.340 e. The molecule has 0 fully saturated rings. The molecule has 0 saturated heterocycles. The van der Waals surface area contributed by atoms with Crippen LogP contribution in [0.1, 0.15) is 80.8 Å². The third-order valence-electron chi connectivity index (χ3n) is 11.3. The lowest BCUT2D eigenvalue weighted by Gasteiger charge is -2.34. The van der Waals surface area contributed by atoms with Crippen molar-refractivity contribution in [1.29, 1.82) is 0 Å². The molecule has 1 aliphatic heterocycles. The van der Waals surface area contributed by atoms with Gasteiger partial charge in [-0.15, -0.1) is 0 Å². The van der Waals surface area contributed by atoms with E-state index < -0.39 is 5.97 Å². The minimum absolute atomic E-state index is 0.172. The molecule has 0 saturated carbocycles. The summed E-state index contributed by atoms with van der Waals surface area (Å²) in [6.07, 6.45) is 2.85. The molecule has 1 atom stereocenters. The number of nitrogens with one attached hydrogen (secondary N) is 1. The topological polar surface area (TPSA) is 104 Å². The molecule has 0 spiro atoms. The van der Waals surface area contributed by atoms with Gasteiger partial charge < -0.3 is 28.7 Å². The number of benzene rings is 4. The van der Waals surface area contributed by atoms with Crippen molar-refractivity contribution in [3.05, 3.63) is 128 Å². The van der Waals surface area contributed by atoms with Gasteiger partial charge in [0.15, 0.2) is 0 Å². The lowest BCUT2D eigenvalue weighted by atomic mass is 9.98. The van der Waals surface area contributed by atoms with Gasteiger partial charge in [0.1, 0.15) is 23.8 Å². The van der Waals surface area contributed by atoms with E-state index >= 15 is 4.79 Å². The van der Waals surface area contributed by atoms with E-state index in [1.54, 1.807) is 13.1 Å². The van der Waals surface area contributed by atoms with Crippen LogP contribution >= 0.6 is 23.2 Å². The zero-order valence-corrected chi connectivity index (χ0v) is 35.8. The first-order valence-corrected chi connectivity index (χ1v) is 20.7. The summed E-state index contributed by atoms with van der Waals surface area (Å²) in [5, 5.41) is 7.63. The van der Waals surface area contributed by atoms with Crippen LogP contribution < -0.4 is 14.4 Å². The summed E-state index contributed by atoms with van der Waals surface area (Å²) in [6.45, 7) is 13.2. The van der Waals surface area contributed by atoms with Crippen LogP contribution in [0, 0.1) is 27.7 Å². The van der Waals surface area contributed by atoms with Gasteiger partial charge in [0, 0.05) is 64.5 Å². The zero-order valence-electron chi connectivity index (χ0n) is 34.3. The van der Waals surface area contributed by atoms with Gasteiger partial charge in [-0.05, 0) is 101 Å². The Labute approximate surface area is 353 Å². The van der Waals surface area contributed by atoms with Gasteiger partial charge in [-0.2, -0.15) is 5.10 Å². The molecule has 4 heterocycles. The fourth-order valence-corrected chi connectivity index (χ4v) is 8.90. The van der Waals surface area contributed by atoms with Crippen LogP contribution in [0.15, 0.2) is 72.9 Å². The highest BCUT2D eigenvalue weighted by Gasteiger charge is 2.38. The molecule has 3 aromatic heterocycles. The van der Waals surface area contributed by atoms with Crippen LogP contribution in [-0.4, -0.2) is 51.0 Å². The summed E-state index contributed by atoms with van der Waals surface area (Å²) in [7, 11) is 1.93. The Hall–Kier alpha value is -5.71. The van der Waals surface area contributed by atoms with E-state index in [4.69, 9.17) is 42.5 Å². The molecule has 1 aliphatic rings. The maximum atomic E-state index is 15.4. The number of aromatic nitrogens is 4. The van der Waals surface area contributed by atoms with Gasteiger partial charge >= 0.3 is 5.97 Å². The van der Waals surface area contributed by atoms with Gasteiger partial charge in [0.25, 0.3) is 5.91 Å². The Balaban J connectivity index is 1.26. The van der Waals surface area contributed by atoms with Gasteiger partial charge in [-0.25, -0.2) is 4.79 Å². The monoisotopic (exact) mass is 831 g/mol. The van der Waals surface area contributed by atoms with Crippen molar-refractivity contribution < 1.29 is 23.8 Å². The fraction of sp³-hybridized carbons (Fsp3) is 0.298. The molecule has 0 aliphatic carbocycles. The van der Waals surface area contributed by atoms with E-state index in [2.05, 4.69) is 16.5 Å². The third-order valence-corrected chi connectivity index (χ3v) is 12.3. The lowest BCUT2D eigenvalue weighted by Crippen LogP contribution is -2.42. The van der Waals surface area contributed by atoms with Crippen LogP contribution in [0.3, 0.4) is 0 Å². The van der Waals surface area contributed by atoms with Crippen LogP contribution in [0.5, 0.6) is 11.5 Å². The van der Waals surface area contributed by atoms with E-state index in [9.17, 15) is 4.79 Å². The fourth-order valence-electron chi connectivity index (χ4n) is 8.54. The Morgan fingerprint density at radius 1 is 0.932 bits per heavy atom. The van der Waals surface area contributed by atoms with E-state index in [1.165, 1.54) is 0 Å². The highest BCUT2D eigenvalue weighted by molar-refractivity contribution is 6.35. The average Bonchev–Trinajstić information content (AvgIpc) is 3.87. The number of esters is 1. The van der Waals surface area contributed by atoms with Crippen molar-refractivity contribution in [2.75, 3.05) is 24.7 Å².